The highest BCUT2D eigenvalue weighted by Crippen LogP contribution is 2.39. The Labute approximate surface area is 189 Å². The van der Waals surface area contributed by atoms with E-state index in [9.17, 15) is 0 Å². The van der Waals surface area contributed by atoms with Crippen LogP contribution in [-0.4, -0.2) is 0 Å². The smallest absolute Gasteiger partial charge is 0.0468 e. The summed E-state index contributed by atoms with van der Waals surface area (Å²) in [4.78, 5) is 2.38. The van der Waals surface area contributed by atoms with E-state index in [1.807, 2.05) is 0 Å². The zero-order valence-corrected chi connectivity index (χ0v) is 18.2. The molecule has 5 aromatic carbocycles. The van der Waals surface area contributed by atoms with E-state index in [0.717, 1.165) is 6.42 Å². The van der Waals surface area contributed by atoms with Crippen molar-refractivity contribution in [1.82, 2.24) is 0 Å². The number of anilines is 3. The molecular weight excluding hydrogens is 386 g/mol. The molecule has 1 atom stereocenters. The van der Waals surface area contributed by atoms with E-state index in [1.54, 1.807) is 0 Å². The quantitative estimate of drug-likeness (QED) is 0.287. The Morgan fingerprint density at radius 3 is 1.75 bits per heavy atom. The first-order valence-corrected chi connectivity index (χ1v) is 11.3. The number of fused-ring (bicyclic) bond motifs is 3. The molecule has 0 amide bonds. The highest BCUT2D eigenvalue weighted by atomic mass is 15.1. The van der Waals surface area contributed by atoms with Crippen molar-refractivity contribution in [2.75, 3.05) is 4.90 Å². The van der Waals surface area contributed by atoms with Crippen molar-refractivity contribution in [3.8, 4) is 0 Å². The van der Waals surface area contributed by atoms with E-state index in [0.29, 0.717) is 5.92 Å². The van der Waals surface area contributed by atoms with Crippen molar-refractivity contribution < 1.29 is 0 Å². The van der Waals surface area contributed by atoms with Crippen LogP contribution in [0.2, 0.25) is 0 Å². The molecular formula is C31H25N. The second kappa shape index (κ2) is 7.69. The number of hydrogen-bond acceptors (Lipinski definition) is 1. The maximum absolute atomic E-state index is 2.38. The zero-order valence-electron chi connectivity index (χ0n) is 18.2. The second-order valence-electron chi connectivity index (χ2n) is 8.82. The average Bonchev–Trinajstić information content (AvgIpc) is 2.84. The Hall–Kier alpha value is -3.84. The van der Waals surface area contributed by atoms with Crippen LogP contribution in [0.3, 0.4) is 0 Å². The SMILES string of the molecule is CC1C=Cc2cc(N(c3ccc4ccccc4c3)c3ccc4ccccc4c3)ccc2C1. The molecule has 1 heteroatoms. The fourth-order valence-electron chi connectivity index (χ4n) is 4.82. The van der Waals surface area contributed by atoms with E-state index in [1.165, 1.54) is 49.7 Å². The third-order valence-electron chi connectivity index (χ3n) is 6.52. The van der Waals surface area contributed by atoms with E-state index >= 15 is 0 Å². The van der Waals surface area contributed by atoms with Crippen molar-refractivity contribution in [2.24, 2.45) is 5.92 Å². The second-order valence-corrected chi connectivity index (χ2v) is 8.82. The molecule has 6 rings (SSSR count). The molecule has 154 valence electrons. The summed E-state index contributed by atoms with van der Waals surface area (Å²) >= 11 is 0. The molecule has 0 radical (unpaired) electrons. The lowest BCUT2D eigenvalue weighted by atomic mass is 9.90. The third kappa shape index (κ3) is 3.36. The lowest BCUT2D eigenvalue weighted by molar-refractivity contribution is 0.717. The summed E-state index contributed by atoms with van der Waals surface area (Å²) in [6.45, 7) is 2.28. The molecule has 0 spiro atoms. The summed E-state index contributed by atoms with van der Waals surface area (Å²) < 4.78 is 0. The first kappa shape index (κ1) is 18.9. The Kier molecular flexibility index (Phi) is 4.54. The minimum atomic E-state index is 0.602. The summed E-state index contributed by atoms with van der Waals surface area (Å²) in [7, 11) is 0. The fraction of sp³-hybridized carbons (Fsp3) is 0.0968. The molecule has 0 saturated heterocycles. The topological polar surface area (TPSA) is 3.24 Å². The van der Waals surface area contributed by atoms with Crippen LogP contribution >= 0.6 is 0 Å². The number of nitrogens with zero attached hydrogens (tertiary/aromatic N) is 1. The number of benzene rings is 5. The summed E-state index contributed by atoms with van der Waals surface area (Å²) in [5.41, 5.74) is 6.29. The van der Waals surface area contributed by atoms with Gasteiger partial charge in [-0.25, -0.2) is 0 Å². The molecule has 5 aromatic rings. The molecule has 1 nitrogen and oxygen atoms in total. The normalized spacial score (nSPS) is 15.1. The van der Waals surface area contributed by atoms with Crippen LogP contribution in [0.25, 0.3) is 27.6 Å². The molecule has 0 aromatic heterocycles. The molecule has 32 heavy (non-hydrogen) atoms. The molecule has 0 heterocycles. The third-order valence-corrected chi connectivity index (χ3v) is 6.52. The van der Waals surface area contributed by atoms with Crippen molar-refractivity contribution in [1.29, 1.82) is 0 Å². The molecule has 0 bridgehead atoms. The van der Waals surface area contributed by atoms with Crippen LogP contribution in [0.15, 0.2) is 109 Å². The van der Waals surface area contributed by atoms with Crippen LogP contribution in [0.4, 0.5) is 17.1 Å². The average molecular weight is 412 g/mol. The Morgan fingerprint density at radius 2 is 1.12 bits per heavy atom. The van der Waals surface area contributed by atoms with Gasteiger partial charge in [-0.3, -0.25) is 0 Å². The van der Waals surface area contributed by atoms with Gasteiger partial charge < -0.3 is 4.90 Å². The summed E-state index contributed by atoms with van der Waals surface area (Å²) in [5.74, 6) is 0.602. The minimum absolute atomic E-state index is 0.602. The molecule has 0 saturated carbocycles. The minimum Gasteiger partial charge on any atom is -0.310 e. The fourth-order valence-corrected chi connectivity index (χ4v) is 4.82. The predicted octanol–water partition coefficient (Wildman–Crippen LogP) is 8.67. The maximum Gasteiger partial charge on any atom is 0.0468 e. The van der Waals surface area contributed by atoms with E-state index in [2.05, 4.69) is 127 Å². The summed E-state index contributed by atoms with van der Waals surface area (Å²) in [6, 6.07) is 37.5. The lowest BCUT2D eigenvalue weighted by Crippen LogP contribution is -2.11. The molecule has 0 aliphatic heterocycles. The monoisotopic (exact) mass is 411 g/mol. The van der Waals surface area contributed by atoms with Gasteiger partial charge in [-0.15, -0.1) is 0 Å². The van der Waals surface area contributed by atoms with E-state index in [-0.39, 0.29) is 0 Å². The first-order chi connectivity index (χ1) is 15.7. The van der Waals surface area contributed by atoms with Gasteiger partial charge in [0.2, 0.25) is 0 Å². The number of hydrogen-bond donors (Lipinski definition) is 0. The Morgan fingerprint density at radius 1 is 0.594 bits per heavy atom. The van der Waals surface area contributed by atoms with Gasteiger partial charge in [0.1, 0.15) is 0 Å². The standard InChI is InChI=1S/C31H25N/c1-22-10-11-28-21-31(17-14-27(28)18-22)32(29-15-12-23-6-2-4-8-25(23)19-29)30-16-13-24-7-3-5-9-26(24)20-30/h2-17,19-22H,18H2,1H3. The molecule has 1 unspecified atom stereocenters. The highest BCUT2D eigenvalue weighted by Gasteiger charge is 2.17. The highest BCUT2D eigenvalue weighted by molar-refractivity contribution is 5.92. The van der Waals surface area contributed by atoms with Gasteiger partial charge in [0.05, 0.1) is 0 Å². The van der Waals surface area contributed by atoms with Gasteiger partial charge >= 0.3 is 0 Å². The predicted molar refractivity (Wildman–Crippen MR) is 138 cm³/mol. The maximum atomic E-state index is 2.38. The summed E-state index contributed by atoms with van der Waals surface area (Å²) in [6.07, 6.45) is 5.71. The zero-order chi connectivity index (χ0) is 21.5. The largest absolute Gasteiger partial charge is 0.310 e. The van der Waals surface area contributed by atoms with Gasteiger partial charge in [-0.05, 0) is 81.4 Å². The number of rotatable bonds is 3. The Bertz CT molecular complexity index is 1400. The van der Waals surface area contributed by atoms with E-state index < -0.39 is 0 Å². The van der Waals surface area contributed by atoms with Crippen LogP contribution in [0.1, 0.15) is 18.1 Å². The van der Waals surface area contributed by atoms with Crippen LogP contribution in [0.5, 0.6) is 0 Å². The van der Waals surface area contributed by atoms with Crippen molar-refractivity contribution in [3.63, 3.8) is 0 Å². The van der Waals surface area contributed by atoms with Gasteiger partial charge in [-0.1, -0.05) is 85.8 Å². The van der Waals surface area contributed by atoms with Crippen molar-refractivity contribution in [2.45, 2.75) is 13.3 Å². The van der Waals surface area contributed by atoms with Crippen LogP contribution in [-0.2, 0) is 6.42 Å². The molecule has 0 fully saturated rings. The number of allylic oxidation sites excluding steroid dienone is 1. The Balaban J connectivity index is 1.55. The molecule has 1 aliphatic rings. The van der Waals surface area contributed by atoms with Crippen LogP contribution in [0, 0.1) is 5.92 Å². The van der Waals surface area contributed by atoms with Crippen LogP contribution < -0.4 is 4.90 Å². The van der Waals surface area contributed by atoms with Gasteiger partial charge in [0.15, 0.2) is 0 Å². The van der Waals surface area contributed by atoms with E-state index in [4.69, 9.17) is 0 Å². The van der Waals surface area contributed by atoms with Crippen molar-refractivity contribution >= 4 is 44.7 Å². The summed E-state index contributed by atoms with van der Waals surface area (Å²) in [5, 5.41) is 5.03. The van der Waals surface area contributed by atoms with Gasteiger partial charge in [0, 0.05) is 17.1 Å². The van der Waals surface area contributed by atoms with Gasteiger partial charge in [0.25, 0.3) is 0 Å². The first-order valence-electron chi connectivity index (χ1n) is 11.3. The van der Waals surface area contributed by atoms with Crippen molar-refractivity contribution in [3.05, 3.63) is 120 Å². The lowest BCUT2D eigenvalue weighted by Gasteiger charge is -2.28. The molecule has 1 aliphatic carbocycles. The molecule has 0 N–H and O–H groups in total. The van der Waals surface area contributed by atoms with Gasteiger partial charge in [-0.2, -0.15) is 0 Å².